The van der Waals surface area contributed by atoms with Gasteiger partial charge < -0.3 is 9.47 Å². The van der Waals surface area contributed by atoms with Crippen LogP contribution in [0.2, 0.25) is 5.02 Å². The number of alkyl halides is 2. The maximum Gasteiger partial charge on any atom is 0.387 e. The van der Waals surface area contributed by atoms with Gasteiger partial charge in [0, 0.05) is 11.4 Å². The maximum atomic E-state index is 12.1. The molecule has 1 atom stereocenters. The number of halogens is 3. The Bertz CT molecular complexity index is 353. The molecule has 1 aromatic rings. The highest BCUT2D eigenvalue weighted by atomic mass is 35.5. The van der Waals surface area contributed by atoms with Crippen molar-refractivity contribution in [1.82, 2.24) is 0 Å². The van der Waals surface area contributed by atoms with Crippen LogP contribution in [0.4, 0.5) is 8.78 Å². The lowest BCUT2D eigenvalue weighted by Gasteiger charge is -2.09. The van der Waals surface area contributed by atoms with E-state index in [-0.39, 0.29) is 11.9 Å². The molecule has 82 valence electrons. The first kappa shape index (κ1) is 10.6. The summed E-state index contributed by atoms with van der Waals surface area (Å²) < 4.78 is 33.5. The summed E-state index contributed by atoms with van der Waals surface area (Å²) in [6.07, 6.45) is 0.672. The number of hydrogen-bond acceptors (Lipinski definition) is 2. The van der Waals surface area contributed by atoms with Crippen LogP contribution in [0.5, 0.6) is 5.75 Å². The van der Waals surface area contributed by atoms with Crippen molar-refractivity contribution in [3.05, 3.63) is 28.8 Å². The fraction of sp³-hybridized carbons (Fsp3) is 0.400. The molecular formula is C10H9ClF2O2. The third kappa shape index (κ3) is 3.04. The van der Waals surface area contributed by atoms with Gasteiger partial charge in [0.15, 0.2) is 0 Å². The van der Waals surface area contributed by atoms with E-state index < -0.39 is 6.61 Å². The quantitative estimate of drug-likeness (QED) is 0.748. The van der Waals surface area contributed by atoms with Gasteiger partial charge in [0.2, 0.25) is 0 Å². The second-order valence-corrected chi connectivity index (χ2v) is 3.73. The number of benzene rings is 1. The van der Waals surface area contributed by atoms with Crippen molar-refractivity contribution in [2.45, 2.75) is 19.1 Å². The number of epoxide rings is 1. The molecule has 1 saturated heterocycles. The van der Waals surface area contributed by atoms with Crippen LogP contribution in [0.25, 0.3) is 0 Å². The van der Waals surface area contributed by atoms with Crippen LogP contribution in [-0.4, -0.2) is 19.3 Å². The van der Waals surface area contributed by atoms with Crippen LogP contribution in [0.15, 0.2) is 18.2 Å². The molecule has 0 amide bonds. The summed E-state index contributed by atoms with van der Waals surface area (Å²) in [6.45, 7) is -2.15. The molecule has 2 nitrogen and oxygen atoms in total. The number of ether oxygens (including phenoxy) is 2. The first-order valence-corrected chi connectivity index (χ1v) is 4.88. The lowest BCUT2D eigenvalue weighted by Crippen LogP contribution is -2.05. The largest absolute Gasteiger partial charge is 0.435 e. The van der Waals surface area contributed by atoms with E-state index in [1.54, 1.807) is 6.07 Å². The average Bonchev–Trinajstić information content (AvgIpc) is 2.93. The molecule has 2 rings (SSSR count). The number of hydrogen-bond donors (Lipinski definition) is 0. The summed E-state index contributed by atoms with van der Waals surface area (Å²) in [5.74, 6) is 0.171. The van der Waals surface area contributed by atoms with E-state index in [1.807, 2.05) is 0 Å². The van der Waals surface area contributed by atoms with Crippen molar-refractivity contribution in [2.75, 3.05) is 6.61 Å². The molecule has 5 heteroatoms. The van der Waals surface area contributed by atoms with Crippen LogP contribution < -0.4 is 4.74 Å². The van der Waals surface area contributed by atoms with E-state index >= 15 is 0 Å². The molecule has 1 heterocycles. The third-order valence-electron chi connectivity index (χ3n) is 2.09. The zero-order chi connectivity index (χ0) is 10.8. The van der Waals surface area contributed by atoms with Gasteiger partial charge in [-0.2, -0.15) is 8.78 Å². The zero-order valence-corrected chi connectivity index (χ0v) is 8.51. The van der Waals surface area contributed by atoms with Crippen LogP contribution in [-0.2, 0) is 11.2 Å². The maximum absolute atomic E-state index is 12.1. The molecule has 1 aliphatic rings. The van der Waals surface area contributed by atoms with Crippen molar-refractivity contribution in [1.29, 1.82) is 0 Å². The van der Waals surface area contributed by atoms with Crippen LogP contribution in [0, 0.1) is 0 Å². The Labute approximate surface area is 90.7 Å². The summed E-state index contributed by atoms with van der Waals surface area (Å²) in [6, 6.07) is 4.60. The third-order valence-corrected chi connectivity index (χ3v) is 2.32. The molecule has 0 saturated carbocycles. The minimum atomic E-state index is -2.81. The van der Waals surface area contributed by atoms with Crippen molar-refractivity contribution >= 4 is 11.6 Å². The molecule has 0 bridgehead atoms. The molecule has 0 radical (unpaired) electrons. The Balaban J connectivity index is 2.17. The summed E-state index contributed by atoms with van der Waals surface area (Å²) in [5.41, 5.74) is 0.658. The van der Waals surface area contributed by atoms with Crippen LogP contribution in [0.1, 0.15) is 5.56 Å². The molecular weight excluding hydrogens is 226 g/mol. The van der Waals surface area contributed by atoms with Crippen LogP contribution in [0.3, 0.4) is 0 Å². The number of rotatable bonds is 4. The van der Waals surface area contributed by atoms with Gasteiger partial charge in [0.05, 0.1) is 12.7 Å². The van der Waals surface area contributed by atoms with E-state index in [4.69, 9.17) is 16.3 Å². The molecule has 0 aromatic heterocycles. The molecule has 1 fully saturated rings. The Morgan fingerprint density at radius 2 is 2.27 bits per heavy atom. The standard InChI is InChI=1S/C10H9ClF2O2/c11-7-1-2-9(15-10(12)13)6(3-7)4-8-5-14-8/h1-3,8,10H,4-5H2. The second kappa shape index (κ2) is 4.33. The monoisotopic (exact) mass is 234 g/mol. The lowest BCUT2D eigenvalue weighted by molar-refractivity contribution is -0.0504. The minimum Gasteiger partial charge on any atom is -0.435 e. The molecule has 0 spiro atoms. The topological polar surface area (TPSA) is 21.8 Å². The molecule has 1 aromatic carbocycles. The van der Waals surface area contributed by atoms with Crippen molar-refractivity contribution in [2.24, 2.45) is 0 Å². The van der Waals surface area contributed by atoms with Crippen LogP contribution >= 0.6 is 11.6 Å². The first-order chi connectivity index (χ1) is 7.15. The average molecular weight is 235 g/mol. The summed E-state index contributed by atoms with van der Waals surface area (Å²) in [7, 11) is 0. The van der Waals surface area contributed by atoms with E-state index in [9.17, 15) is 8.78 Å². The fourth-order valence-corrected chi connectivity index (χ4v) is 1.54. The van der Waals surface area contributed by atoms with Gasteiger partial charge >= 0.3 is 6.61 Å². The van der Waals surface area contributed by atoms with E-state index in [0.717, 1.165) is 0 Å². The highest BCUT2D eigenvalue weighted by Crippen LogP contribution is 2.28. The fourth-order valence-electron chi connectivity index (χ4n) is 1.35. The predicted octanol–water partition coefficient (Wildman–Crippen LogP) is 2.88. The first-order valence-electron chi connectivity index (χ1n) is 4.50. The highest BCUT2D eigenvalue weighted by Gasteiger charge is 2.24. The van der Waals surface area contributed by atoms with Gasteiger partial charge in [-0.1, -0.05) is 11.6 Å². The Hall–Kier alpha value is -0.870. The summed E-state index contributed by atoms with van der Waals surface area (Å²) >= 11 is 5.77. The van der Waals surface area contributed by atoms with Crippen molar-refractivity contribution in [3.63, 3.8) is 0 Å². The van der Waals surface area contributed by atoms with E-state index in [2.05, 4.69) is 4.74 Å². The summed E-state index contributed by atoms with van der Waals surface area (Å²) in [5, 5.41) is 0.507. The second-order valence-electron chi connectivity index (χ2n) is 3.29. The zero-order valence-electron chi connectivity index (χ0n) is 7.75. The van der Waals surface area contributed by atoms with Crippen molar-refractivity contribution < 1.29 is 18.3 Å². The molecule has 15 heavy (non-hydrogen) atoms. The molecule has 0 N–H and O–H groups in total. The van der Waals surface area contributed by atoms with Gasteiger partial charge in [0.25, 0.3) is 0 Å². The lowest BCUT2D eigenvalue weighted by atomic mass is 10.1. The van der Waals surface area contributed by atoms with Gasteiger partial charge in [0.1, 0.15) is 5.75 Å². The Morgan fingerprint density at radius 3 is 2.87 bits per heavy atom. The van der Waals surface area contributed by atoms with Gasteiger partial charge in [-0.15, -0.1) is 0 Å². The van der Waals surface area contributed by atoms with Gasteiger partial charge in [-0.3, -0.25) is 0 Å². The molecule has 0 aliphatic carbocycles. The Kier molecular flexibility index (Phi) is 3.07. The SMILES string of the molecule is FC(F)Oc1ccc(Cl)cc1CC1CO1. The van der Waals surface area contributed by atoms with Gasteiger partial charge in [-0.05, 0) is 23.8 Å². The van der Waals surface area contributed by atoms with Crippen molar-refractivity contribution in [3.8, 4) is 5.75 Å². The minimum absolute atomic E-state index is 0.114. The Morgan fingerprint density at radius 1 is 1.53 bits per heavy atom. The van der Waals surface area contributed by atoms with E-state index in [1.165, 1.54) is 12.1 Å². The molecule has 1 aliphatic heterocycles. The summed E-state index contributed by atoms with van der Waals surface area (Å²) in [4.78, 5) is 0. The predicted molar refractivity (Wildman–Crippen MR) is 51.5 cm³/mol. The molecule has 1 unspecified atom stereocenters. The van der Waals surface area contributed by atoms with Gasteiger partial charge in [-0.25, -0.2) is 0 Å². The smallest absolute Gasteiger partial charge is 0.387 e. The highest BCUT2D eigenvalue weighted by molar-refractivity contribution is 6.30. The van der Waals surface area contributed by atoms with E-state index in [0.29, 0.717) is 23.6 Å². The normalized spacial score (nSPS) is 19.3.